The van der Waals surface area contributed by atoms with Crippen molar-refractivity contribution >= 4 is 17.2 Å². The number of aromatic nitrogens is 1. The summed E-state index contributed by atoms with van der Waals surface area (Å²) in [4.78, 5) is 20.0. The first-order chi connectivity index (χ1) is 14.3. The Bertz CT molecular complexity index is 849. The molecule has 0 aliphatic carbocycles. The third kappa shape index (κ3) is 5.32. The second-order valence-corrected chi connectivity index (χ2v) is 9.25. The van der Waals surface area contributed by atoms with Gasteiger partial charge in [0.25, 0.3) is 0 Å². The van der Waals surface area contributed by atoms with Crippen LogP contribution in [-0.2, 0) is 16.8 Å². The standard InChI is InChI=1S/C23H32N2O4S/c1-16(2)21(26)25-13-5-11-23(27,12-14-25)22-24-17(3)20(30-22)10-15-29-19-8-6-18(28-4)7-9-19/h6-9,16,27H,5,10-15H2,1-4H3/t23-/m0/s1. The number of methoxy groups -OCH3 is 1. The topological polar surface area (TPSA) is 71.9 Å². The molecule has 1 fully saturated rings. The molecule has 0 saturated carbocycles. The van der Waals surface area contributed by atoms with Crippen LogP contribution in [0.4, 0.5) is 0 Å². The van der Waals surface area contributed by atoms with E-state index in [4.69, 9.17) is 14.5 Å². The lowest BCUT2D eigenvalue weighted by molar-refractivity contribution is -0.134. The summed E-state index contributed by atoms with van der Waals surface area (Å²) in [6.07, 6.45) is 2.68. The predicted molar refractivity (Wildman–Crippen MR) is 118 cm³/mol. The zero-order chi connectivity index (χ0) is 21.7. The van der Waals surface area contributed by atoms with Crippen LogP contribution in [0.5, 0.6) is 11.5 Å². The largest absolute Gasteiger partial charge is 0.497 e. The van der Waals surface area contributed by atoms with E-state index in [1.807, 2.05) is 49.9 Å². The molecule has 0 bridgehead atoms. The van der Waals surface area contributed by atoms with E-state index in [0.717, 1.165) is 39.9 Å². The average molecular weight is 433 g/mol. The highest BCUT2D eigenvalue weighted by atomic mass is 32.1. The molecule has 0 unspecified atom stereocenters. The fraction of sp³-hybridized carbons (Fsp3) is 0.565. The van der Waals surface area contributed by atoms with Gasteiger partial charge in [0, 0.05) is 36.7 Å². The first-order valence-corrected chi connectivity index (χ1v) is 11.4. The Hall–Kier alpha value is -2.12. The van der Waals surface area contributed by atoms with Gasteiger partial charge in [0.2, 0.25) is 5.91 Å². The minimum Gasteiger partial charge on any atom is -0.497 e. The summed E-state index contributed by atoms with van der Waals surface area (Å²) in [5.74, 6) is 1.74. The molecule has 1 aliphatic heterocycles. The van der Waals surface area contributed by atoms with Crippen molar-refractivity contribution in [3.8, 4) is 11.5 Å². The Morgan fingerprint density at radius 1 is 1.23 bits per heavy atom. The third-order valence-corrected chi connectivity index (χ3v) is 6.98. The number of ether oxygens (including phenoxy) is 2. The number of amides is 1. The van der Waals surface area contributed by atoms with Crippen molar-refractivity contribution in [1.29, 1.82) is 0 Å². The summed E-state index contributed by atoms with van der Waals surface area (Å²) < 4.78 is 11.0. The van der Waals surface area contributed by atoms with E-state index in [1.165, 1.54) is 0 Å². The first kappa shape index (κ1) is 22.6. The van der Waals surface area contributed by atoms with E-state index in [1.54, 1.807) is 18.4 Å². The first-order valence-electron chi connectivity index (χ1n) is 10.6. The molecular formula is C23H32N2O4S. The number of carbonyl (C=O) groups excluding carboxylic acids is 1. The van der Waals surface area contributed by atoms with Crippen LogP contribution >= 0.6 is 11.3 Å². The number of likely N-dealkylation sites (tertiary alicyclic amines) is 1. The molecule has 0 spiro atoms. The minimum atomic E-state index is -0.962. The normalized spacial score (nSPS) is 19.6. The van der Waals surface area contributed by atoms with Crippen molar-refractivity contribution in [2.24, 2.45) is 5.92 Å². The van der Waals surface area contributed by atoms with Crippen molar-refractivity contribution < 1.29 is 19.4 Å². The fourth-order valence-corrected chi connectivity index (χ4v) is 4.90. The van der Waals surface area contributed by atoms with Gasteiger partial charge in [-0.1, -0.05) is 13.8 Å². The fourth-order valence-electron chi connectivity index (χ4n) is 3.71. The molecule has 1 atom stereocenters. The lowest BCUT2D eigenvalue weighted by Crippen LogP contribution is -2.36. The molecule has 1 aliphatic rings. The van der Waals surface area contributed by atoms with E-state index in [-0.39, 0.29) is 11.8 Å². The Morgan fingerprint density at radius 2 is 1.93 bits per heavy atom. The molecule has 1 saturated heterocycles. The number of hydrogen-bond donors (Lipinski definition) is 1. The molecule has 2 aromatic rings. The van der Waals surface area contributed by atoms with Gasteiger partial charge in [-0.2, -0.15) is 0 Å². The van der Waals surface area contributed by atoms with Crippen LogP contribution in [0.3, 0.4) is 0 Å². The Kier molecular flexibility index (Phi) is 7.36. The summed E-state index contributed by atoms with van der Waals surface area (Å²) in [7, 11) is 1.64. The minimum absolute atomic E-state index is 0.0180. The molecule has 7 heteroatoms. The summed E-state index contributed by atoms with van der Waals surface area (Å²) in [6, 6.07) is 7.53. The smallest absolute Gasteiger partial charge is 0.225 e. The van der Waals surface area contributed by atoms with Crippen molar-refractivity contribution in [3.05, 3.63) is 39.8 Å². The molecule has 1 aromatic carbocycles. The van der Waals surface area contributed by atoms with Crippen LogP contribution in [0, 0.1) is 12.8 Å². The van der Waals surface area contributed by atoms with Gasteiger partial charge in [0.15, 0.2) is 0 Å². The van der Waals surface area contributed by atoms with Gasteiger partial charge in [0.05, 0.1) is 19.4 Å². The summed E-state index contributed by atoms with van der Waals surface area (Å²) in [6.45, 7) is 7.64. The van der Waals surface area contributed by atoms with Gasteiger partial charge in [-0.25, -0.2) is 4.98 Å². The van der Waals surface area contributed by atoms with Gasteiger partial charge in [0.1, 0.15) is 22.1 Å². The third-order valence-electron chi connectivity index (χ3n) is 5.57. The van der Waals surface area contributed by atoms with Crippen LogP contribution in [0.15, 0.2) is 24.3 Å². The van der Waals surface area contributed by atoms with Gasteiger partial charge in [-0.3, -0.25) is 4.79 Å². The number of benzene rings is 1. The number of rotatable bonds is 7. The molecule has 164 valence electrons. The number of thiazole rings is 1. The Morgan fingerprint density at radius 3 is 2.60 bits per heavy atom. The Labute approximate surface area is 182 Å². The molecule has 0 radical (unpaired) electrons. The van der Waals surface area contributed by atoms with Crippen LogP contribution < -0.4 is 9.47 Å². The maximum Gasteiger partial charge on any atom is 0.225 e. The van der Waals surface area contributed by atoms with E-state index >= 15 is 0 Å². The molecule has 1 aromatic heterocycles. The van der Waals surface area contributed by atoms with Gasteiger partial charge < -0.3 is 19.5 Å². The molecule has 6 nitrogen and oxygen atoms in total. The molecule has 1 N–H and O–H groups in total. The number of nitrogens with zero attached hydrogens (tertiary/aromatic N) is 2. The molecule has 2 heterocycles. The van der Waals surface area contributed by atoms with Crippen LogP contribution in [-0.4, -0.2) is 47.7 Å². The number of carbonyl (C=O) groups is 1. The quantitative estimate of drug-likeness (QED) is 0.718. The zero-order valence-corrected chi connectivity index (χ0v) is 19.1. The van der Waals surface area contributed by atoms with Crippen LogP contribution in [0.1, 0.15) is 48.7 Å². The van der Waals surface area contributed by atoms with Crippen molar-refractivity contribution in [3.63, 3.8) is 0 Å². The highest BCUT2D eigenvalue weighted by Crippen LogP contribution is 2.37. The number of aryl methyl sites for hydroxylation is 1. The lowest BCUT2D eigenvalue weighted by atomic mass is 9.96. The summed E-state index contributed by atoms with van der Waals surface area (Å²) in [5, 5.41) is 12.1. The van der Waals surface area contributed by atoms with Crippen molar-refractivity contribution in [2.45, 2.75) is 52.1 Å². The van der Waals surface area contributed by atoms with Crippen molar-refractivity contribution in [2.75, 3.05) is 26.8 Å². The van der Waals surface area contributed by atoms with Gasteiger partial charge >= 0.3 is 0 Å². The predicted octanol–water partition coefficient (Wildman–Crippen LogP) is 3.94. The van der Waals surface area contributed by atoms with Crippen LogP contribution in [0.25, 0.3) is 0 Å². The molecular weight excluding hydrogens is 400 g/mol. The molecule has 1 amide bonds. The monoisotopic (exact) mass is 432 g/mol. The highest BCUT2D eigenvalue weighted by Gasteiger charge is 2.36. The number of aliphatic hydroxyl groups is 1. The SMILES string of the molecule is COc1ccc(OCCc2sc([C@]3(O)CCCN(C(=O)C(C)C)CC3)nc2C)cc1. The second kappa shape index (κ2) is 9.79. The zero-order valence-electron chi connectivity index (χ0n) is 18.3. The van der Waals surface area contributed by atoms with Crippen LogP contribution in [0.2, 0.25) is 0 Å². The lowest BCUT2D eigenvalue weighted by Gasteiger charge is -2.25. The average Bonchev–Trinajstić information content (AvgIpc) is 2.99. The molecule has 3 rings (SSSR count). The van der Waals surface area contributed by atoms with E-state index < -0.39 is 5.60 Å². The Balaban J connectivity index is 1.60. The maximum atomic E-state index is 12.3. The summed E-state index contributed by atoms with van der Waals surface area (Å²) in [5.41, 5.74) is -0.0163. The van der Waals surface area contributed by atoms with E-state index in [2.05, 4.69) is 0 Å². The second-order valence-electron chi connectivity index (χ2n) is 8.17. The van der Waals surface area contributed by atoms with E-state index in [9.17, 15) is 9.90 Å². The number of hydrogen-bond acceptors (Lipinski definition) is 6. The van der Waals surface area contributed by atoms with E-state index in [0.29, 0.717) is 32.5 Å². The van der Waals surface area contributed by atoms with Crippen molar-refractivity contribution in [1.82, 2.24) is 9.88 Å². The maximum absolute atomic E-state index is 12.3. The molecule has 30 heavy (non-hydrogen) atoms. The highest BCUT2D eigenvalue weighted by molar-refractivity contribution is 7.11. The van der Waals surface area contributed by atoms with Gasteiger partial charge in [-0.05, 0) is 44.0 Å². The summed E-state index contributed by atoms with van der Waals surface area (Å²) >= 11 is 1.57. The van der Waals surface area contributed by atoms with Gasteiger partial charge in [-0.15, -0.1) is 11.3 Å².